The lowest BCUT2D eigenvalue weighted by atomic mass is 9.87. The van der Waals surface area contributed by atoms with Crippen LogP contribution in [-0.2, 0) is 40.6 Å². The SMILES string of the molecule is COC(=O)N[C@H](C(=O)N(Cc1ncc(-c2cc3c4c(c2)OCc2cc(-c5cnc(CN(CC(C)C)C(=O)[C@H](N)c6ccccc6)[nH]5)cc(c2-4)OC3)[nH]1)CC(C)C)C(C)C. The average Bonchev–Trinajstić information content (AvgIpc) is 3.90. The number of carbonyl (C=O) groups excluding carboxylic acids is 3. The monoisotopic (exact) mass is 802 g/mol. The summed E-state index contributed by atoms with van der Waals surface area (Å²) in [6, 6.07) is 16.2. The lowest BCUT2D eigenvalue weighted by Gasteiger charge is -2.30. The number of rotatable bonds is 15. The maximum Gasteiger partial charge on any atom is 0.407 e. The van der Waals surface area contributed by atoms with E-state index in [1.807, 2.05) is 70.2 Å². The molecule has 0 saturated carbocycles. The quantitative estimate of drug-likeness (QED) is 0.0870. The second-order valence-electron chi connectivity index (χ2n) is 16.6. The van der Waals surface area contributed by atoms with Crippen molar-refractivity contribution in [2.24, 2.45) is 23.5 Å². The number of amides is 3. The molecule has 2 aromatic heterocycles. The maximum atomic E-state index is 13.7. The molecule has 0 fully saturated rings. The van der Waals surface area contributed by atoms with Gasteiger partial charge in [-0.05, 0) is 47.6 Å². The predicted octanol–water partition coefficient (Wildman–Crippen LogP) is 6.97. The van der Waals surface area contributed by atoms with Gasteiger partial charge in [0.1, 0.15) is 48.4 Å². The van der Waals surface area contributed by atoms with E-state index in [0.29, 0.717) is 44.5 Å². The molecule has 0 saturated heterocycles. The van der Waals surface area contributed by atoms with Crippen LogP contribution in [0.5, 0.6) is 11.5 Å². The summed E-state index contributed by atoms with van der Waals surface area (Å²) in [5.41, 5.74) is 14.6. The Kier molecular flexibility index (Phi) is 12.1. The third-order valence-electron chi connectivity index (χ3n) is 10.6. The molecule has 3 amide bonds. The van der Waals surface area contributed by atoms with Gasteiger partial charge in [0.05, 0.1) is 44.0 Å². The molecule has 2 aliphatic heterocycles. The lowest BCUT2D eigenvalue weighted by Crippen LogP contribution is -2.51. The Labute approximate surface area is 344 Å². The van der Waals surface area contributed by atoms with Crippen molar-refractivity contribution >= 4 is 17.9 Å². The van der Waals surface area contributed by atoms with E-state index in [4.69, 9.17) is 19.9 Å². The number of nitrogens with one attached hydrogen (secondary N) is 3. The molecule has 310 valence electrons. The number of methoxy groups -OCH3 is 1. The second kappa shape index (κ2) is 17.4. The normalized spacial score (nSPS) is 13.7. The van der Waals surface area contributed by atoms with Gasteiger partial charge >= 0.3 is 6.09 Å². The molecule has 0 aliphatic carbocycles. The van der Waals surface area contributed by atoms with Crippen molar-refractivity contribution in [3.05, 3.63) is 95.3 Å². The van der Waals surface area contributed by atoms with Crippen molar-refractivity contribution in [2.45, 2.75) is 79.9 Å². The van der Waals surface area contributed by atoms with Gasteiger partial charge in [-0.1, -0.05) is 71.9 Å². The minimum absolute atomic E-state index is 0.145. The highest BCUT2D eigenvalue weighted by molar-refractivity contribution is 5.89. The molecule has 5 N–H and O–H groups in total. The highest BCUT2D eigenvalue weighted by atomic mass is 16.5. The average molecular weight is 803 g/mol. The first-order chi connectivity index (χ1) is 28.3. The minimum atomic E-state index is -0.763. The number of carbonyl (C=O) groups is 3. The second-order valence-corrected chi connectivity index (χ2v) is 16.6. The number of nitrogens with two attached hydrogens (primary N) is 1. The van der Waals surface area contributed by atoms with E-state index in [1.165, 1.54) is 7.11 Å². The summed E-state index contributed by atoms with van der Waals surface area (Å²) in [5.74, 6) is 2.75. The predicted molar refractivity (Wildman–Crippen MR) is 224 cm³/mol. The van der Waals surface area contributed by atoms with Crippen molar-refractivity contribution in [1.29, 1.82) is 0 Å². The molecule has 2 atom stereocenters. The zero-order chi connectivity index (χ0) is 42.0. The highest BCUT2D eigenvalue weighted by Gasteiger charge is 2.32. The van der Waals surface area contributed by atoms with Crippen molar-refractivity contribution in [3.8, 4) is 45.1 Å². The molecule has 0 bridgehead atoms. The molecule has 14 heteroatoms. The zero-order valence-electron chi connectivity index (χ0n) is 34.8. The molecule has 59 heavy (non-hydrogen) atoms. The van der Waals surface area contributed by atoms with Crippen LogP contribution >= 0.6 is 0 Å². The van der Waals surface area contributed by atoms with Crippen molar-refractivity contribution in [3.63, 3.8) is 0 Å². The smallest absolute Gasteiger partial charge is 0.407 e. The van der Waals surface area contributed by atoms with Gasteiger partial charge in [0.2, 0.25) is 11.8 Å². The molecule has 0 unspecified atom stereocenters. The molecule has 0 spiro atoms. The first kappa shape index (κ1) is 41.0. The molecule has 0 radical (unpaired) electrons. The van der Waals surface area contributed by atoms with Gasteiger partial charge in [-0.25, -0.2) is 14.8 Å². The van der Waals surface area contributed by atoms with Gasteiger partial charge in [0, 0.05) is 46.5 Å². The van der Waals surface area contributed by atoms with Gasteiger partial charge < -0.3 is 45.0 Å². The summed E-state index contributed by atoms with van der Waals surface area (Å²) in [4.78, 5) is 59.0. The Balaban J connectivity index is 1.09. The highest BCUT2D eigenvalue weighted by Crippen LogP contribution is 2.50. The van der Waals surface area contributed by atoms with Crippen LogP contribution in [0.4, 0.5) is 4.79 Å². The Morgan fingerprint density at radius 3 is 1.71 bits per heavy atom. The largest absolute Gasteiger partial charge is 0.488 e. The van der Waals surface area contributed by atoms with Crippen molar-refractivity contribution in [2.75, 3.05) is 20.2 Å². The Morgan fingerprint density at radius 2 is 1.25 bits per heavy atom. The van der Waals surface area contributed by atoms with Gasteiger partial charge in [-0.2, -0.15) is 0 Å². The minimum Gasteiger partial charge on any atom is -0.488 e. The number of ether oxygens (including phenoxy) is 3. The van der Waals surface area contributed by atoms with Gasteiger partial charge in [-0.15, -0.1) is 0 Å². The molecular formula is C45H54N8O6. The summed E-state index contributed by atoms with van der Waals surface area (Å²) in [7, 11) is 1.28. The molecule has 2 aliphatic rings. The zero-order valence-corrected chi connectivity index (χ0v) is 34.8. The van der Waals surface area contributed by atoms with Crippen LogP contribution in [0.3, 0.4) is 0 Å². The third-order valence-corrected chi connectivity index (χ3v) is 10.6. The van der Waals surface area contributed by atoms with Crippen molar-refractivity contribution in [1.82, 2.24) is 35.1 Å². The third kappa shape index (κ3) is 8.97. The van der Waals surface area contributed by atoms with Crippen LogP contribution in [0, 0.1) is 17.8 Å². The van der Waals surface area contributed by atoms with Crippen LogP contribution in [-0.4, -0.2) is 73.9 Å². The number of nitrogens with zero attached hydrogens (tertiary/aromatic N) is 4. The van der Waals surface area contributed by atoms with Crippen LogP contribution in [0.2, 0.25) is 0 Å². The summed E-state index contributed by atoms with van der Waals surface area (Å²) >= 11 is 0. The molecule has 5 aromatic rings. The van der Waals surface area contributed by atoms with Crippen LogP contribution < -0.4 is 20.5 Å². The van der Waals surface area contributed by atoms with Crippen LogP contribution in [0.25, 0.3) is 33.6 Å². The Morgan fingerprint density at radius 1 is 0.763 bits per heavy atom. The van der Waals surface area contributed by atoms with Gasteiger partial charge in [-0.3, -0.25) is 9.59 Å². The molecule has 14 nitrogen and oxygen atoms in total. The molecule has 7 rings (SSSR count). The maximum absolute atomic E-state index is 13.7. The summed E-state index contributed by atoms with van der Waals surface area (Å²) < 4.78 is 17.6. The lowest BCUT2D eigenvalue weighted by molar-refractivity contribution is -0.136. The number of benzene rings is 3. The van der Waals surface area contributed by atoms with Gasteiger partial charge in [0.25, 0.3) is 0 Å². The molecule has 3 aromatic carbocycles. The fraction of sp³-hybridized carbons (Fsp3) is 0.400. The van der Waals surface area contributed by atoms with Crippen LogP contribution in [0.15, 0.2) is 67.0 Å². The molecular weight excluding hydrogens is 749 g/mol. The van der Waals surface area contributed by atoms with E-state index >= 15 is 0 Å². The Hall–Kier alpha value is -6.15. The van der Waals surface area contributed by atoms with E-state index in [0.717, 1.165) is 61.8 Å². The van der Waals surface area contributed by atoms with E-state index in [2.05, 4.69) is 51.2 Å². The standard InChI is InChI=1S/C45H54N8O6/c1-25(2)19-52(43(54)41(46)28-11-9-8-10-12-28)21-37-47-17-33(49-37)29-13-31-23-59-36-16-30(14-32-24-58-35(15-29)39(31)40(32)36)34-18-48-38(50-34)22-53(20-26(3)4)44(55)42(27(5)6)51-45(56)57-7/h8-18,25-27,41-42H,19-24,46H2,1-7H3,(H,47,49)(H,48,50)(H,51,56)/t41-,42+/m1/s1. The number of alkyl carbamates (subject to hydrolysis) is 1. The first-order valence-electron chi connectivity index (χ1n) is 20.2. The van der Waals surface area contributed by atoms with E-state index in [-0.39, 0.29) is 36.1 Å². The summed E-state index contributed by atoms with van der Waals surface area (Å²) in [6.07, 6.45) is 2.91. The fourth-order valence-corrected chi connectivity index (χ4v) is 7.77. The fourth-order valence-electron chi connectivity index (χ4n) is 7.77. The molecule has 4 heterocycles. The first-order valence-corrected chi connectivity index (χ1v) is 20.2. The van der Waals surface area contributed by atoms with E-state index in [9.17, 15) is 14.4 Å². The van der Waals surface area contributed by atoms with Crippen molar-refractivity contribution < 1.29 is 28.6 Å². The summed E-state index contributed by atoms with van der Waals surface area (Å²) in [6.45, 7) is 14.3. The number of aromatic nitrogens is 4. The van der Waals surface area contributed by atoms with Gasteiger partial charge in [0.15, 0.2) is 0 Å². The Bertz CT molecular complexity index is 2270. The number of hydrogen-bond donors (Lipinski definition) is 4. The number of hydrogen-bond acceptors (Lipinski definition) is 9. The topological polar surface area (TPSA) is 181 Å². The summed E-state index contributed by atoms with van der Waals surface area (Å²) in [5, 5.41) is 2.70. The van der Waals surface area contributed by atoms with Crippen LogP contribution in [0.1, 0.15) is 75.9 Å². The van der Waals surface area contributed by atoms with E-state index in [1.54, 1.807) is 22.2 Å². The van der Waals surface area contributed by atoms with E-state index < -0.39 is 18.2 Å². The number of aromatic amines is 2. The number of imidazole rings is 2. The number of H-pyrrole nitrogens is 2.